The van der Waals surface area contributed by atoms with Gasteiger partial charge in [0.15, 0.2) is 5.13 Å². The quantitative estimate of drug-likeness (QED) is 0.919. The first kappa shape index (κ1) is 16.9. The summed E-state index contributed by atoms with van der Waals surface area (Å²) in [5.74, 6) is 0.856. The highest BCUT2D eigenvalue weighted by molar-refractivity contribution is 7.15. The van der Waals surface area contributed by atoms with Crippen molar-refractivity contribution in [3.63, 3.8) is 0 Å². The Balaban J connectivity index is 0.00000176. The highest BCUT2D eigenvalue weighted by Crippen LogP contribution is 2.18. The third kappa shape index (κ3) is 4.06. The van der Waals surface area contributed by atoms with Crippen LogP contribution in [0, 0.1) is 13.8 Å². The number of hydrogen-bond acceptors (Lipinski definition) is 7. The highest BCUT2D eigenvalue weighted by atomic mass is 35.5. The van der Waals surface area contributed by atoms with E-state index < -0.39 is 0 Å². The van der Waals surface area contributed by atoms with E-state index in [1.165, 1.54) is 4.88 Å². The number of aryl methyl sites for hydroxylation is 2. The van der Waals surface area contributed by atoms with Gasteiger partial charge >= 0.3 is 0 Å². The van der Waals surface area contributed by atoms with Gasteiger partial charge in [-0.25, -0.2) is 15.0 Å². The molecule has 3 rings (SSSR count). The molecular weight excluding hydrogens is 320 g/mol. The third-order valence-electron chi connectivity index (χ3n) is 3.58. The van der Waals surface area contributed by atoms with E-state index in [0.29, 0.717) is 5.13 Å². The second kappa shape index (κ2) is 7.21. The first-order valence-electron chi connectivity index (χ1n) is 7.10. The van der Waals surface area contributed by atoms with Crippen LogP contribution in [-0.4, -0.2) is 46.0 Å². The fourth-order valence-corrected chi connectivity index (χ4v) is 3.30. The molecule has 120 valence electrons. The molecule has 1 saturated heterocycles. The van der Waals surface area contributed by atoms with Gasteiger partial charge < -0.3 is 10.6 Å². The van der Waals surface area contributed by atoms with E-state index in [-0.39, 0.29) is 12.4 Å². The summed E-state index contributed by atoms with van der Waals surface area (Å²) in [5.41, 5.74) is 7.73. The Bertz CT molecular complexity index is 603. The summed E-state index contributed by atoms with van der Waals surface area (Å²) in [6, 6.07) is 2.01. The SMILES string of the molecule is Cc1cc(C)nc(N2CCN(Cc3cnc(N)s3)CC2)n1.Cl. The molecule has 1 fully saturated rings. The molecule has 0 aromatic carbocycles. The second-order valence-electron chi connectivity index (χ2n) is 5.38. The van der Waals surface area contributed by atoms with E-state index in [2.05, 4.69) is 24.8 Å². The molecule has 1 aliphatic rings. The summed E-state index contributed by atoms with van der Waals surface area (Å²) < 4.78 is 0. The molecule has 0 amide bonds. The number of rotatable bonds is 3. The van der Waals surface area contributed by atoms with Crippen LogP contribution in [-0.2, 0) is 6.54 Å². The van der Waals surface area contributed by atoms with Crippen molar-refractivity contribution in [3.8, 4) is 0 Å². The van der Waals surface area contributed by atoms with Crippen LogP contribution in [0.15, 0.2) is 12.3 Å². The Labute approximate surface area is 140 Å². The van der Waals surface area contributed by atoms with Gasteiger partial charge in [0.2, 0.25) is 5.95 Å². The number of anilines is 2. The predicted octanol–water partition coefficient (Wildman–Crippen LogP) is 1.88. The average molecular weight is 341 g/mol. The van der Waals surface area contributed by atoms with Crippen LogP contribution in [0.25, 0.3) is 0 Å². The second-order valence-corrected chi connectivity index (χ2v) is 6.53. The van der Waals surface area contributed by atoms with Crippen molar-refractivity contribution in [1.29, 1.82) is 0 Å². The zero-order valence-electron chi connectivity index (χ0n) is 12.8. The van der Waals surface area contributed by atoms with E-state index >= 15 is 0 Å². The van der Waals surface area contributed by atoms with E-state index in [0.717, 1.165) is 50.1 Å². The van der Waals surface area contributed by atoms with Crippen LogP contribution in [0.1, 0.15) is 16.3 Å². The lowest BCUT2D eigenvalue weighted by Crippen LogP contribution is -2.46. The van der Waals surface area contributed by atoms with Crippen LogP contribution in [0.3, 0.4) is 0 Å². The molecule has 2 aromatic heterocycles. The van der Waals surface area contributed by atoms with Crippen molar-refractivity contribution in [1.82, 2.24) is 19.9 Å². The van der Waals surface area contributed by atoms with Gasteiger partial charge in [-0.05, 0) is 19.9 Å². The summed E-state index contributed by atoms with van der Waals surface area (Å²) in [5, 5.41) is 0.646. The minimum atomic E-state index is 0. The minimum absolute atomic E-state index is 0. The van der Waals surface area contributed by atoms with Gasteiger partial charge in [-0.2, -0.15) is 0 Å². The molecule has 0 spiro atoms. The molecule has 0 aliphatic carbocycles. The number of hydrogen-bond donors (Lipinski definition) is 1. The van der Waals surface area contributed by atoms with Crippen LogP contribution < -0.4 is 10.6 Å². The lowest BCUT2D eigenvalue weighted by molar-refractivity contribution is 0.250. The van der Waals surface area contributed by atoms with Crippen molar-refractivity contribution in [2.45, 2.75) is 20.4 Å². The Kier molecular flexibility index (Phi) is 5.55. The summed E-state index contributed by atoms with van der Waals surface area (Å²) in [4.78, 5) is 19.1. The summed E-state index contributed by atoms with van der Waals surface area (Å²) in [6.07, 6.45) is 1.87. The fraction of sp³-hybridized carbons (Fsp3) is 0.500. The van der Waals surface area contributed by atoms with E-state index in [1.54, 1.807) is 11.3 Å². The van der Waals surface area contributed by atoms with Gasteiger partial charge in [-0.1, -0.05) is 0 Å². The van der Waals surface area contributed by atoms with Gasteiger partial charge in [0, 0.05) is 55.2 Å². The van der Waals surface area contributed by atoms with E-state index in [9.17, 15) is 0 Å². The van der Waals surface area contributed by atoms with Crippen LogP contribution in [0.5, 0.6) is 0 Å². The van der Waals surface area contributed by atoms with E-state index in [1.807, 2.05) is 26.1 Å². The van der Waals surface area contributed by atoms with Crippen LogP contribution in [0.4, 0.5) is 11.1 Å². The molecular formula is C14H21ClN6S. The van der Waals surface area contributed by atoms with Crippen molar-refractivity contribution in [2.75, 3.05) is 36.8 Å². The maximum atomic E-state index is 5.67. The van der Waals surface area contributed by atoms with Gasteiger partial charge in [-0.15, -0.1) is 23.7 Å². The molecule has 0 atom stereocenters. The number of nitrogen functional groups attached to an aromatic ring is 1. The largest absolute Gasteiger partial charge is 0.375 e. The first-order valence-corrected chi connectivity index (χ1v) is 7.91. The lowest BCUT2D eigenvalue weighted by Gasteiger charge is -2.34. The molecule has 0 unspecified atom stereocenters. The topological polar surface area (TPSA) is 71.2 Å². The Hall–Kier alpha value is -1.44. The summed E-state index contributed by atoms with van der Waals surface area (Å²) in [7, 11) is 0. The molecule has 0 radical (unpaired) electrons. The monoisotopic (exact) mass is 340 g/mol. The zero-order chi connectivity index (χ0) is 14.8. The molecule has 0 saturated carbocycles. The fourth-order valence-electron chi connectivity index (χ4n) is 2.57. The van der Waals surface area contributed by atoms with Crippen LogP contribution >= 0.6 is 23.7 Å². The van der Waals surface area contributed by atoms with Crippen molar-refractivity contribution in [3.05, 3.63) is 28.5 Å². The maximum Gasteiger partial charge on any atom is 0.225 e. The number of piperazine rings is 1. The molecule has 2 aromatic rings. The molecule has 8 heteroatoms. The van der Waals surface area contributed by atoms with Crippen LogP contribution in [0.2, 0.25) is 0 Å². The number of aromatic nitrogens is 3. The van der Waals surface area contributed by atoms with Gasteiger partial charge in [0.05, 0.1) is 0 Å². The standard InChI is InChI=1S/C14H20N6S.ClH/c1-10-7-11(2)18-14(17-10)20-5-3-19(4-6-20)9-12-8-16-13(15)21-12;/h7-8H,3-6,9H2,1-2H3,(H2,15,16);1H. The number of halogens is 1. The lowest BCUT2D eigenvalue weighted by atomic mass is 10.3. The normalized spacial score (nSPS) is 15.6. The maximum absolute atomic E-state index is 5.67. The number of nitrogens with two attached hydrogens (primary N) is 1. The van der Waals surface area contributed by atoms with E-state index in [4.69, 9.17) is 5.73 Å². The van der Waals surface area contributed by atoms with Crippen molar-refractivity contribution >= 4 is 34.8 Å². The van der Waals surface area contributed by atoms with Crippen molar-refractivity contribution < 1.29 is 0 Å². The molecule has 22 heavy (non-hydrogen) atoms. The highest BCUT2D eigenvalue weighted by Gasteiger charge is 2.19. The third-order valence-corrected chi connectivity index (χ3v) is 4.39. The molecule has 2 N–H and O–H groups in total. The number of nitrogens with zero attached hydrogens (tertiary/aromatic N) is 5. The molecule has 3 heterocycles. The zero-order valence-corrected chi connectivity index (χ0v) is 14.5. The summed E-state index contributed by atoms with van der Waals surface area (Å²) in [6.45, 7) is 8.89. The summed E-state index contributed by atoms with van der Waals surface area (Å²) >= 11 is 1.57. The average Bonchev–Trinajstić information content (AvgIpc) is 2.84. The Morgan fingerprint density at radius 1 is 1.14 bits per heavy atom. The first-order chi connectivity index (χ1) is 10.1. The van der Waals surface area contributed by atoms with Gasteiger partial charge in [0.1, 0.15) is 0 Å². The molecule has 6 nitrogen and oxygen atoms in total. The Morgan fingerprint density at radius 3 is 2.32 bits per heavy atom. The minimum Gasteiger partial charge on any atom is -0.375 e. The Morgan fingerprint density at radius 2 is 1.77 bits per heavy atom. The van der Waals surface area contributed by atoms with Gasteiger partial charge in [0.25, 0.3) is 0 Å². The smallest absolute Gasteiger partial charge is 0.225 e. The molecule has 0 bridgehead atoms. The molecule has 1 aliphatic heterocycles. The number of thiazole rings is 1. The predicted molar refractivity (Wildman–Crippen MR) is 92.8 cm³/mol. The van der Waals surface area contributed by atoms with Gasteiger partial charge in [-0.3, -0.25) is 4.90 Å². The van der Waals surface area contributed by atoms with Crippen molar-refractivity contribution in [2.24, 2.45) is 0 Å².